The Hall–Kier alpha value is -2.00. The SMILES string of the molecule is O=C(c1ccc(SC(F)(F)F)cc1)N1CCN(C(=O)c2cccs2)CC1. The van der Waals surface area contributed by atoms with Gasteiger partial charge in [0, 0.05) is 36.6 Å². The molecule has 138 valence electrons. The van der Waals surface area contributed by atoms with Crippen LogP contribution in [0.5, 0.6) is 0 Å². The molecular formula is C17H15F3N2O2S2. The molecule has 2 heterocycles. The fraction of sp³-hybridized carbons (Fsp3) is 0.294. The highest BCUT2D eigenvalue weighted by atomic mass is 32.2. The highest BCUT2D eigenvalue weighted by Gasteiger charge is 2.29. The topological polar surface area (TPSA) is 40.6 Å². The number of piperazine rings is 1. The minimum atomic E-state index is -4.35. The molecule has 0 radical (unpaired) electrons. The molecule has 1 saturated heterocycles. The summed E-state index contributed by atoms with van der Waals surface area (Å²) < 4.78 is 37.1. The first-order valence-electron chi connectivity index (χ1n) is 7.81. The number of nitrogens with zero attached hydrogens (tertiary/aromatic N) is 2. The third kappa shape index (κ3) is 4.59. The van der Waals surface area contributed by atoms with Crippen molar-refractivity contribution in [3.8, 4) is 0 Å². The van der Waals surface area contributed by atoms with E-state index in [2.05, 4.69) is 0 Å². The Balaban J connectivity index is 1.57. The van der Waals surface area contributed by atoms with Crippen molar-refractivity contribution in [2.75, 3.05) is 26.2 Å². The van der Waals surface area contributed by atoms with E-state index in [1.807, 2.05) is 11.4 Å². The van der Waals surface area contributed by atoms with E-state index in [0.29, 0.717) is 36.6 Å². The number of amides is 2. The van der Waals surface area contributed by atoms with Crippen LogP contribution in [-0.2, 0) is 0 Å². The maximum Gasteiger partial charge on any atom is 0.446 e. The van der Waals surface area contributed by atoms with Crippen molar-refractivity contribution < 1.29 is 22.8 Å². The zero-order valence-corrected chi connectivity index (χ0v) is 15.2. The summed E-state index contributed by atoms with van der Waals surface area (Å²) in [5.74, 6) is -0.280. The van der Waals surface area contributed by atoms with Gasteiger partial charge in [0.15, 0.2) is 0 Å². The molecule has 2 amide bonds. The predicted octanol–water partition coefficient (Wildman–Crippen LogP) is 3.96. The van der Waals surface area contributed by atoms with Gasteiger partial charge in [0.2, 0.25) is 0 Å². The Morgan fingerprint density at radius 1 is 0.923 bits per heavy atom. The van der Waals surface area contributed by atoms with Gasteiger partial charge < -0.3 is 9.80 Å². The number of thioether (sulfide) groups is 1. The van der Waals surface area contributed by atoms with Gasteiger partial charge in [0.05, 0.1) is 4.88 Å². The van der Waals surface area contributed by atoms with Crippen LogP contribution < -0.4 is 0 Å². The molecule has 3 rings (SSSR count). The fourth-order valence-electron chi connectivity index (χ4n) is 2.65. The molecular weight excluding hydrogens is 385 g/mol. The number of alkyl halides is 3. The van der Waals surface area contributed by atoms with Crippen LogP contribution in [0.15, 0.2) is 46.7 Å². The van der Waals surface area contributed by atoms with Gasteiger partial charge in [-0.2, -0.15) is 13.2 Å². The number of hydrogen-bond donors (Lipinski definition) is 0. The van der Waals surface area contributed by atoms with Crippen LogP contribution in [0.1, 0.15) is 20.0 Å². The van der Waals surface area contributed by atoms with Crippen LogP contribution in [-0.4, -0.2) is 53.3 Å². The van der Waals surface area contributed by atoms with Gasteiger partial charge in [-0.05, 0) is 47.5 Å². The standard InChI is InChI=1S/C17H15F3N2O2S2/c18-17(19,20)26-13-5-3-12(4-6-13)15(23)21-7-9-22(10-8-21)16(24)14-2-1-11-25-14/h1-6,11H,7-10H2. The summed E-state index contributed by atoms with van der Waals surface area (Å²) in [6.45, 7) is 1.67. The second-order valence-electron chi connectivity index (χ2n) is 5.63. The predicted molar refractivity (Wildman–Crippen MR) is 94.5 cm³/mol. The van der Waals surface area contributed by atoms with Crippen molar-refractivity contribution in [1.82, 2.24) is 9.80 Å². The van der Waals surface area contributed by atoms with E-state index in [1.54, 1.807) is 15.9 Å². The summed E-state index contributed by atoms with van der Waals surface area (Å²) in [6.07, 6.45) is 0. The molecule has 0 aliphatic carbocycles. The first-order chi connectivity index (χ1) is 12.3. The number of carbonyl (C=O) groups excluding carboxylic acids is 2. The van der Waals surface area contributed by atoms with Gasteiger partial charge in [-0.15, -0.1) is 11.3 Å². The van der Waals surface area contributed by atoms with Crippen LogP contribution in [0.3, 0.4) is 0 Å². The first kappa shape index (κ1) is 18.8. The van der Waals surface area contributed by atoms with E-state index in [0.717, 1.165) is 0 Å². The highest BCUT2D eigenvalue weighted by molar-refractivity contribution is 8.00. The van der Waals surface area contributed by atoms with Gasteiger partial charge in [0.25, 0.3) is 11.8 Å². The normalized spacial score (nSPS) is 15.2. The van der Waals surface area contributed by atoms with Crippen molar-refractivity contribution in [2.45, 2.75) is 10.4 Å². The monoisotopic (exact) mass is 400 g/mol. The van der Waals surface area contributed by atoms with Gasteiger partial charge in [-0.1, -0.05) is 6.07 Å². The van der Waals surface area contributed by atoms with Crippen LogP contribution >= 0.6 is 23.1 Å². The molecule has 0 spiro atoms. The Bertz CT molecular complexity index is 768. The quantitative estimate of drug-likeness (QED) is 0.733. The molecule has 0 bridgehead atoms. The molecule has 9 heteroatoms. The van der Waals surface area contributed by atoms with E-state index >= 15 is 0 Å². The minimum absolute atomic E-state index is 0.0411. The molecule has 0 atom stereocenters. The molecule has 0 saturated carbocycles. The Labute approximate surface area is 156 Å². The molecule has 1 fully saturated rings. The molecule has 4 nitrogen and oxygen atoms in total. The Kier molecular flexibility index (Phi) is 5.57. The maximum atomic E-state index is 12.5. The van der Waals surface area contributed by atoms with E-state index in [4.69, 9.17) is 0 Å². The summed E-state index contributed by atoms with van der Waals surface area (Å²) in [4.78, 5) is 28.8. The van der Waals surface area contributed by atoms with Gasteiger partial charge >= 0.3 is 5.51 Å². The van der Waals surface area contributed by atoms with Crippen molar-refractivity contribution in [1.29, 1.82) is 0 Å². The molecule has 2 aromatic rings. The van der Waals surface area contributed by atoms with Gasteiger partial charge in [-0.3, -0.25) is 9.59 Å². The third-order valence-corrected chi connectivity index (χ3v) is 5.52. The van der Waals surface area contributed by atoms with Crippen LogP contribution in [0, 0.1) is 0 Å². The third-order valence-electron chi connectivity index (χ3n) is 3.92. The number of thiophene rings is 1. The second-order valence-corrected chi connectivity index (χ2v) is 7.72. The van der Waals surface area contributed by atoms with E-state index in [-0.39, 0.29) is 28.5 Å². The number of benzene rings is 1. The molecule has 26 heavy (non-hydrogen) atoms. The summed E-state index contributed by atoms with van der Waals surface area (Å²) in [5.41, 5.74) is -4.01. The molecule has 1 aromatic heterocycles. The fourth-order valence-corrected chi connectivity index (χ4v) is 3.88. The zero-order valence-electron chi connectivity index (χ0n) is 13.5. The van der Waals surface area contributed by atoms with E-state index < -0.39 is 5.51 Å². The summed E-state index contributed by atoms with van der Waals surface area (Å²) in [7, 11) is 0. The number of hydrogen-bond acceptors (Lipinski definition) is 4. The summed E-state index contributed by atoms with van der Waals surface area (Å²) in [6, 6.07) is 8.98. The lowest BCUT2D eigenvalue weighted by Crippen LogP contribution is -2.50. The van der Waals surface area contributed by atoms with Gasteiger partial charge in [-0.25, -0.2) is 0 Å². The Morgan fingerprint density at radius 3 is 2.00 bits per heavy atom. The second kappa shape index (κ2) is 7.71. The molecule has 0 N–H and O–H groups in total. The number of carbonyl (C=O) groups is 2. The number of halogens is 3. The minimum Gasteiger partial charge on any atom is -0.335 e. The van der Waals surface area contributed by atoms with E-state index in [9.17, 15) is 22.8 Å². The van der Waals surface area contributed by atoms with Crippen molar-refractivity contribution in [3.05, 3.63) is 52.2 Å². The lowest BCUT2D eigenvalue weighted by atomic mass is 10.2. The molecule has 1 aliphatic heterocycles. The molecule has 0 unspecified atom stereocenters. The average molecular weight is 400 g/mol. The number of rotatable bonds is 3. The average Bonchev–Trinajstić information content (AvgIpc) is 3.14. The van der Waals surface area contributed by atoms with Crippen LogP contribution in [0.2, 0.25) is 0 Å². The Morgan fingerprint density at radius 2 is 1.50 bits per heavy atom. The zero-order chi connectivity index (χ0) is 18.7. The molecule has 1 aromatic carbocycles. The maximum absolute atomic E-state index is 12.5. The largest absolute Gasteiger partial charge is 0.446 e. The molecule has 1 aliphatic rings. The lowest BCUT2D eigenvalue weighted by molar-refractivity contribution is -0.0328. The smallest absolute Gasteiger partial charge is 0.335 e. The van der Waals surface area contributed by atoms with Crippen molar-refractivity contribution >= 4 is 34.9 Å². The van der Waals surface area contributed by atoms with Crippen LogP contribution in [0.4, 0.5) is 13.2 Å². The lowest BCUT2D eigenvalue weighted by Gasteiger charge is -2.34. The summed E-state index contributed by atoms with van der Waals surface area (Å²) in [5, 5.41) is 1.84. The first-order valence-corrected chi connectivity index (χ1v) is 9.51. The van der Waals surface area contributed by atoms with E-state index in [1.165, 1.54) is 35.6 Å². The van der Waals surface area contributed by atoms with Crippen LogP contribution in [0.25, 0.3) is 0 Å². The summed E-state index contributed by atoms with van der Waals surface area (Å²) >= 11 is 1.17. The van der Waals surface area contributed by atoms with Crippen molar-refractivity contribution in [3.63, 3.8) is 0 Å². The van der Waals surface area contributed by atoms with Crippen molar-refractivity contribution in [2.24, 2.45) is 0 Å². The van der Waals surface area contributed by atoms with Gasteiger partial charge in [0.1, 0.15) is 0 Å². The highest BCUT2D eigenvalue weighted by Crippen LogP contribution is 2.36.